The zero-order valence-corrected chi connectivity index (χ0v) is 16.0. The van der Waals surface area contributed by atoms with Gasteiger partial charge in [0.15, 0.2) is 4.77 Å². The molecule has 0 saturated heterocycles. The average molecular weight is 397 g/mol. The lowest BCUT2D eigenvalue weighted by Crippen LogP contribution is -2.28. The topological polar surface area (TPSA) is 93.2 Å². The van der Waals surface area contributed by atoms with Gasteiger partial charge in [0.25, 0.3) is 5.56 Å². The molecule has 8 heteroatoms. The molecule has 3 rings (SSSR count). The maximum Gasteiger partial charge on any atom is 0.337 e. The van der Waals surface area contributed by atoms with Crippen LogP contribution in [0.3, 0.4) is 0 Å². The van der Waals surface area contributed by atoms with Gasteiger partial charge in [0.1, 0.15) is 0 Å². The van der Waals surface area contributed by atoms with Crippen LogP contribution in [0.25, 0.3) is 10.9 Å². The van der Waals surface area contributed by atoms with Crippen molar-refractivity contribution in [1.82, 2.24) is 14.9 Å². The first-order chi connectivity index (χ1) is 13.5. The van der Waals surface area contributed by atoms with Crippen molar-refractivity contribution in [3.63, 3.8) is 0 Å². The van der Waals surface area contributed by atoms with Crippen molar-refractivity contribution >= 4 is 35.0 Å². The predicted octanol–water partition coefficient (Wildman–Crippen LogP) is 2.55. The Morgan fingerprint density at radius 2 is 1.86 bits per heavy atom. The van der Waals surface area contributed by atoms with Gasteiger partial charge < -0.3 is 15.0 Å². The quantitative estimate of drug-likeness (QED) is 0.493. The van der Waals surface area contributed by atoms with Crippen LogP contribution in [-0.2, 0) is 22.6 Å². The third-order valence-corrected chi connectivity index (χ3v) is 4.64. The van der Waals surface area contributed by atoms with E-state index in [1.807, 2.05) is 6.07 Å². The number of amides is 1. The molecule has 1 amide bonds. The number of nitrogens with one attached hydrogen (secondary N) is 2. The van der Waals surface area contributed by atoms with Gasteiger partial charge in [-0.3, -0.25) is 14.2 Å². The maximum atomic E-state index is 12.6. The number of hydrogen-bond donors (Lipinski definition) is 2. The number of nitrogens with zero attached hydrogens (tertiary/aromatic N) is 1. The van der Waals surface area contributed by atoms with Crippen molar-refractivity contribution in [2.24, 2.45) is 0 Å². The molecule has 1 aromatic heterocycles. The molecule has 0 bridgehead atoms. The van der Waals surface area contributed by atoms with Crippen molar-refractivity contribution in [2.75, 3.05) is 7.11 Å². The SMILES string of the molecule is COC(=O)c1ccc(CNC(=O)CCn2c(=S)[nH]c3ccccc3c2=O)cc1. The fourth-order valence-corrected chi connectivity index (χ4v) is 3.07. The molecule has 28 heavy (non-hydrogen) atoms. The monoisotopic (exact) mass is 397 g/mol. The van der Waals surface area contributed by atoms with E-state index in [1.165, 1.54) is 11.7 Å². The fraction of sp³-hybridized carbons (Fsp3) is 0.200. The Morgan fingerprint density at radius 3 is 2.57 bits per heavy atom. The van der Waals surface area contributed by atoms with Crippen LogP contribution in [0.4, 0.5) is 0 Å². The van der Waals surface area contributed by atoms with Gasteiger partial charge in [-0.25, -0.2) is 4.79 Å². The van der Waals surface area contributed by atoms with Crippen molar-refractivity contribution < 1.29 is 14.3 Å². The Morgan fingerprint density at radius 1 is 1.14 bits per heavy atom. The van der Waals surface area contributed by atoms with E-state index in [0.717, 1.165) is 5.56 Å². The summed E-state index contributed by atoms with van der Waals surface area (Å²) in [5.41, 5.74) is 1.75. The number of H-pyrrole nitrogens is 1. The van der Waals surface area contributed by atoms with Gasteiger partial charge in [0.2, 0.25) is 5.91 Å². The highest BCUT2D eigenvalue weighted by atomic mass is 32.1. The lowest BCUT2D eigenvalue weighted by Gasteiger charge is -2.09. The molecule has 0 unspecified atom stereocenters. The van der Waals surface area contributed by atoms with Gasteiger partial charge in [-0.05, 0) is 42.0 Å². The van der Waals surface area contributed by atoms with Crippen molar-refractivity contribution in [1.29, 1.82) is 0 Å². The van der Waals surface area contributed by atoms with Gasteiger partial charge in [0.05, 0.1) is 23.6 Å². The number of aromatic amines is 1. The molecular weight excluding hydrogens is 378 g/mol. The number of rotatable bonds is 6. The molecular formula is C20H19N3O4S. The van der Waals surface area contributed by atoms with E-state index in [-0.39, 0.29) is 29.2 Å². The third-order valence-electron chi connectivity index (χ3n) is 4.32. The van der Waals surface area contributed by atoms with Gasteiger partial charge in [-0.1, -0.05) is 24.3 Å². The third kappa shape index (κ3) is 4.34. The Hall–Kier alpha value is -3.26. The Labute approximate surface area is 166 Å². The van der Waals surface area contributed by atoms with Crippen molar-refractivity contribution in [3.05, 3.63) is 74.8 Å². The minimum absolute atomic E-state index is 0.121. The summed E-state index contributed by atoms with van der Waals surface area (Å²) in [6, 6.07) is 13.9. The lowest BCUT2D eigenvalue weighted by atomic mass is 10.1. The summed E-state index contributed by atoms with van der Waals surface area (Å²) < 4.78 is 6.32. The molecule has 0 aliphatic carbocycles. The van der Waals surface area contributed by atoms with Crippen LogP contribution in [-0.4, -0.2) is 28.5 Å². The summed E-state index contributed by atoms with van der Waals surface area (Å²) >= 11 is 5.24. The second-order valence-corrected chi connectivity index (χ2v) is 6.53. The molecule has 0 saturated carbocycles. The lowest BCUT2D eigenvalue weighted by molar-refractivity contribution is -0.121. The van der Waals surface area contributed by atoms with E-state index in [9.17, 15) is 14.4 Å². The van der Waals surface area contributed by atoms with Crippen LogP contribution in [0.2, 0.25) is 0 Å². The first-order valence-corrected chi connectivity index (χ1v) is 9.06. The van der Waals surface area contributed by atoms with E-state index in [4.69, 9.17) is 12.2 Å². The van der Waals surface area contributed by atoms with Crippen LogP contribution >= 0.6 is 12.2 Å². The Kier molecular flexibility index (Phi) is 6.00. The number of ether oxygens (including phenoxy) is 1. The highest BCUT2D eigenvalue weighted by Gasteiger charge is 2.09. The summed E-state index contributed by atoms with van der Waals surface area (Å²) in [6.45, 7) is 0.506. The van der Waals surface area contributed by atoms with E-state index >= 15 is 0 Å². The van der Waals surface area contributed by atoms with Gasteiger partial charge in [0, 0.05) is 19.5 Å². The van der Waals surface area contributed by atoms with E-state index in [1.54, 1.807) is 42.5 Å². The van der Waals surface area contributed by atoms with Crippen LogP contribution < -0.4 is 10.9 Å². The minimum Gasteiger partial charge on any atom is -0.465 e. The molecule has 2 N–H and O–H groups in total. The molecule has 0 aliphatic rings. The Balaban J connectivity index is 1.60. The van der Waals surface area contributed by atoms with Gasteiger partial charge in [-0.15, -0.1) is 0 Å². The number of carbonyl (C=O) groups excluding carboxylic acids is 2. The van der Waals surface area contributed by atoms with Crippen LogP contribution in [0.1, 0.15) is 22.3 Å². The minimum atomic E-state index is -0.409. The molecule has 0 fully saturated rings. The number of carbonyl (C=O) groups is 2. The average Bonchev–Trinajstić information content (AvgIpc) is 2.72. The number of aromatic nitrogens is 2. The molecule has 2 aromatic carbocycles. The van der Waals surface area contributed by atoms with Gasteiger partial charge >= 0.3 is 5.97 Å². The van der Waals surface area contributed by atoms with Gasteiger partial charge in [-0.2, -0.15) is 0 Å². The van der Waals surface area contributed by atoms with E-state index in [0.29, 0.717) is 23.0 Å². The largest absolute Gasteiger partial charge is 0.465 e. The fourth-order valence-electron chi connectivity index (χ4n) is 2.78. The molecule has 0 atom stereocenters. The zero-order chi connectivity index (χ0) is 20.1. The molecule has 0 radical (unpaired) electrons. The molecule has 7 nitrogen and oxygen atoms in total. The summed E-state index contributed by atoms with van der Waals surface area (Å²) in [7, 11) is 1.32. The molecule has 3 aromatic rings. The first-order valence-electron chi connectivity index (χ1n) is 8.65. The normalized spacial score (nSPS) is 10.6. The molecule has 1 heterocycles. The van der Waals surface area contributed by atoms with Crippen molar-refractivity contribution in [3.8, 4) is 0 Å². The smallest absolute Gasteiger partial charge is 0.337 e. The summed E-state index contributed by atoms with van der Waals surface area (Å²) in [5, 5.41) is 3.32. The number of esters is 1. The number of para-hydroxylation sites is 1. The molecule has 0 spiro atoms. The van der Waals surface area contributed by atoms with E-state index in [2.05, 4.69) is 15.0 Å². The Bertz CT molecular complexity index is 1130. The highest BCUT2D eigenvalue weighted by Crippen LogP contribution is 2.07. The summed E-state index contributed by atoms with van der Waals surface area (Å²) in [6.07, 6.45) is 0.121. The number of hydrogen-bond acceptors (Lipinski definition) is 5. The highest BCUT2D eigenvalue weighted by molar-refractivity contribution is 7.71. The second-order valence-electron chi connectivity index (χ2n) is 6.15. The standard InChI is InChI=1S/C20H19N3O4S/c1-27-19(26)14-8-6-13(7-9-14)12-21-17(24)10-11-23-18(25)15-4-2-3-5-16(15)22-20(23)28/h2-9H,10-12H2,1H3,(H,21,24)(H,22,28). The number of methoxy groups -OCH3 is 1. The second kappa shape index (κ2) is 8.62. The zero-order valence-electron chi connectivity index (χ0n) is 15.2. The number of fused-ring (bicyclic) bond motifs is 1. The summed E-state index contributed by atoms with van der Waals surface area (Å²) in [5.74, 6) is -0.612. The van der Waals surface area contributed by atoms with E-state index < -0.39 is 5.97 Å². The molecule has 0 aliphatic heterocycles. The van der Waals surface area contributed by atoms with Crippen LogP contribution in [0.15, 0.2) is 53.3 Å². The van der Waals surface area contributed by atoms with Crippen molar-refractivity contribution in [2.45, 2.75) is 19.5 Å². The predicted molar refractivity (Wildman–Crippen MR) is 108 cm³/mol. The van der Waals surface area contributed by atoms with Crippen LogP contribution in [0, 0.1) is 4.77 Å². The first kappa shape index (κ1) is 19.5. The maximum absolute atomic E-state index is 12.6. The summed E-state index contributed by atoms with van der Waals surface area (Å²) in [4.78, 5) is 39.1. The number of benzene rings is 2. The van der Waals surface area contributed by atoms with Crippen LogP contribution in [0.5, 0.6) is 0 Å². The molecule has 144 valence electrons.